The Kier molecular flexibility index (Phi) is 7.92. The maximum atomic E-state index is 12.9. The third-order valence-corrected chi connectivity index (χ3v) is 7.25. The topological polar surface area (TPSA) is 59.1 Å². The summed E-state index contributed by atoms with van der Waals surface area (Å²) in [5, 5.41) is 0. The van der Waals surface area contributed by atoms with E-state index in [9.17, 15) is 9.59 Å². The molecule has 3 rings (SSSR count). The number of carbonyl (C=O) groups is 2. The number of benzene rings is 1. The monoisotopic (exact) mass is 514 g/mol. The van der Waals surface area contributed by atoms with Gasteiger partial charge in [0.25, 0.3) is 0 Å². The average Bonchev–Trinajstić information content (AvgIpc) is 3.16. The van der Waals surface area contributed by atoms with E-state index in [4.69, 9.17) is 21.1 Å². The first-order chi connectivity index (χ1) is 14.3. The lowest BCUT2D eigenvalue weighted by Crippen LogP contribution is -2.54. The number of hydrogen-bond acceptors (Lipinski definition) is 6. The zero-order valence-electron chi connectivity index (χ0n) is 16.8. The summed E-state index contributed by atoms with van der Waals surface area (Å²) in [4.78, 5) is 30.5. The van der Waals surface area contributed by atoms with Gasteiger partial charge in [-0.15, -0.1) is 11.3 Å². The highest BCUT2D eigenvalue weighted by Crippen LogP contribution is 2.34. The van der Waals surface area contributed by atoms with Crippen LogP contribution in [0.1, 0.15) is 17.4 Å². The molecule has 2 aromatic rings. The van der Waals surface area contributed by atoms with Gasteiger partial charge in [-0.2, -0.15) is 0 Å². The van der Waals surface area contributed by atoms with Crippen LogP contribution in [0.4, 0.5) is 0 Å². The largest absolute Gasteiger partial charge is 0.466 e. The van der Waals surface area contributed by atoms with Crippen molar-refractivity contribution in [3.63, 3.8) is 0 Å². The standard InChI is InChI=1S/C21H24BrClN2O4S/c1-15-12-24(13-17-8-9-18(23)30-17)10-11-25(15)19(26)14-29-21(22,20(27)28-2)16-6-4-3-5-7-16/h3-9,15H,10-14H2,1-2H3. The highest BCUT2D eigenvalue weighted by atomic mass is 79.9. The van der Waals surface area contributed by atoms with Crippen LogP contribution in [0.15, 0.2) is 42.5 Å². The Labute approximate surface area is 193 Å². The SMILES string of the molecule is COC(=O)C(Br)(OCC(=O)N1CCN(Cc2ccc(Cl)s2)CC1C)c1ccccc1. The third-order valence-electron chi connectivity index (χ3n) is 5.03. The van der Waals surface area contributed by atoms with Crippen molar-refractivity contribution in [1.29, 1.82) is 0 Å². The lowest BCUT2D eigenvalue weighted by atomic mass is 10.1. The Morgan fingerprint density at radius 1 is 1.23 bits per heavy atom. The molecule has 0 radical (unpaired) electrons. The van der Waals surface area contributed by atoms with Crippen LogP contribution in [0.2, 0.25) is 4.34 Å². The first kappa shape index (κ1) is 23.2. The maximum Gasteiger partial charge on any atom is 0.354 e. The number of amides is 1. The number of alkyl halides is 1. The number of halogens is 2. The van der Waals surface area contributed by atoms with Crippen molar-refractivity contribution < 1.29 is 19.1 Å². The van der Waals surface area contributed by atoms with Gasteiger partial charge in [-0.3, -0.25) is 9.69 Å². The van der Waals surface area contributed by atoms with Gasteiger partial charge >= 0.3 is 5.97 Å². The van der Waals surface area contributed by atoms with Gasteiger partial charge in [0.05, 0.1) is 11.4 Å². The highest BCUT2D eigenvalue weighted by molar-refractivity contribution is 9.10. The number of nitrogens with zero attached hydrogens (tertiary/aromatic N) is 2. The van der Waals surface area contributed by atoms with Gasteiger partial charge < -0.3 is 14.4 Å². The number of carbonyl (C=O) groups excluding carboxylic acids is 2. The fourth-order valence-electron chi connectivity index (χ4n) is 3.49. The normalized spacial score (nSPS) is 19.3. The molecular formula is C21H24BrClN2O4S. The molecule has 2 atom stereocenters. The zero-order chi connectivity index (χ0) is 21.7. The number of rotatable bonds is 7. The molecule has 1 aliphatic rings. The van der Waals surface area contributed by atoms with Gasteiger partial charge in [-0.1, -0.05) is 41.9 Å². The minimum absolute atomic E-state index is 0.0323. The fourth-order valence-corrected chi connectivity index (χ4v) is 5.16. The van der Waals surface area contributed by atoms with E-state index in [-0.39, 0.29) is 18.6 Å². The second kappa shape index (κ2) is 10.2. The number of piperazine rings is 1. The summed E-state index contributed by atoms with van der Waals surface area (Å²) >= 11 is 10.9. The van der Waals surface area contributed by atoms with Crippen molar-refractivity contribution in [3.8, 4) is 0 Å². The Balaban J connectivity index is 1.59. The minimum Gasteiger partial charge on any atom is -0.466 e. The van der Waals surface area contributed by atoms with Crippen LogP contribution >= 0.6 is 38.9 Å². The molecule has 9 heteroatoms. The van der Waals surface area contributed by atoms with Crippen LogP contribution in [-0.2, 0) is 30.1 Å². The predicted molar refractivity (Wildman–Crippen MR) is 121 cm³/mol. The summed E-state index contributed by atoms with van der Waals surface area (Å²) in [5.74, 6) is -0.779. The van der Waals surface area contributed by atoms with E-state index in [1.165, 1.54) is 12.0 Å². The Morgan fingerprint density at radius 2 is 1.97 bits per heavy atom. The number of hydrogen-bond donors (Lipinski definition) is 0. The van der Waals surface area contributed by atoms with Crippen LogP contribution in [-0.4, -0.2) is 61.1 Å². The van der Waals surface area contributed by atoms with Gasteiger partial charge in [-0.05, 0) is 35.0 Å². The van der Waals surface area contributed by atoms with Crippen molar-refractivity contribution in [2.24, 2.45) is 0 Å². The molecule has 0 spiro atoms. The summed E-state index contributed by atoms with van der Waals surface area (Å²) in [5.41, 5.74) is 0.567. The molecule has 2 heterocycles. The minimum atomic E-state index is -1.53. The molecule has 1 saturated heterocycles. The van der Waals surface area contributed by atoms with Crippen molar-refractivity contribution in [2.45, 2.75) is 24.0 Å². The van der Waals surface area contributed by atoms with Crippen molar-refractivity contribution >= 4 is 50.7 Å². The molecule has 0 aliphatic carbocycles. The molecule has 0 bridgehead atoms. The molecule has 0 N–H and O–H groups in total. The summed E-state index contributed by atoms with van der Waals surface area (Å²) in [6, 6.07) is 12.9. The molecule has 6 nitrogen and oxygen atoms in total. The molecule has 2 unspecified atom stereocenters. The van der Waals surface area contributed by atoms with Crippen LogP contribution in [0.5, 0.6) is 0 Å². The molecule has 1 aromatic heterocycles. The Morgan fingerprint density at radius 3 is 2.57 bits per heavy atom. The van der Waals surface area contributed by atoms with E-state index in [0.717, 1.165) is 24.0 Å². The van der Waals surface area contributed by atoms with E-state index < -0.39 is 10.5 Å². The first-order valence-electron chi connectivity index (χ1n) is 9.56. The summed E-state index contributed by atoms with van der Waals surface area (Å²) in [6.45, 7) is 4.73. The lowest BCUT2D eigenvalue weighted by Gasteiger charge is -2.40. The molecule has 1 fully saturated rings. The highest BCUT2D eigenvalue weighted by Gasteiger charge is 2.41. The molecule has 162 valence electrons. The van der Waals surface area contributed by atoms with Crippen molar-refractivity contribution in [3.05, 3.63) is 57.2 Å². The summed E-state index contributed by atoms with van der Waals surface area (Å²) in [7, 11) is 1.29. The van der Waals surface area contributed by atoms with E-state index in [1.807, 2.05) is 25.1 Å². The van der Waals surface area contributed by atoms with Crippen LogP contribution in [0.25, 0.3) is 0 Å². The second-order valence-electron chi connectivity index (χ2n) is 7.12. The number of esters is 1. The van der Waals surface area contributed by atoms with Crippen molar-refractivity contribution in [2.75, 3.05) is 33.4 Å². The average molecular weight is 516 g/mol. The van der Waals surface area contributed by atoms with Gasteiger partial charge in [0.2, 0.25) is 10.4 Å². The molecule has 30 heavy (non-hydrogen) atoms. The quantitative estimate of drug-likeness (QED) is 0.414. The molecule has 1 aromatic carbocycles. The first-order valence-corrected chi connectivity index (χ1v) is 11.5. The van der Waals surface area contributed by atoms with Crippen LogP contribution in [0.3, 0.4) is 0 Å². The second-order valence-corrected chi connectivity index (χ2v) is 10.0. The Hall–Kier alpha value is -1.45. The van der Waals surface area contributed by atoms with E-state index >= 15 is 0 Å². The van der Waals surface area contributed by atoms with Crippen LogP contribution < -0.4 is 0 Å². The zero-order valence-corrected chi connectivity index (χ0v) is 20.0. The van der Waals surface area contributed by atoms with Gasteiger partial charge in [0, 0.05) is 42.7 Å². The van der Waals surface area contributed by atoms with Gasteiger partial charge in [0.15, 0.2) is 0 Å². The summed E-state index contributed by atoms with van der Waals surface area (Å²) < 4.78 is 9.93. The molecule has 0 saturated carbocycles. The Bertz CT molecular complexity index is 881. The number of thiophene rings is 1. The number of ether oxygens (including phenoxy) is 2. The summed E-state index contributed by atoms with van der Waals surface area (Å²) in [6.07, 6.45) is 0. The van der Waals surface area contributed by atoms with Crippen molar-refractivity contribution in [1.82, 2.24) is 9.80 Å². The lowest BCUT2D eigenvalue weighted by molar-refractivity contribution is -0.162. The van der Waals surface area contributed by atoms with E-state index in [0.29, 0.717) is 12.1 Å². The fraction of sp³-hybridized carbons (Fsp3) is 0.429. The van der Waals surface area contributed by atoms with Gasteiger partial charge in [0.1, 0.15) is 6.61 Å². The predicted octanol–water partition coefficient (Wildman–Crippen LogP) is 3.87. The van der Waals surface area contributed by atoms with E-state index in [2.05, 4.69) is 20.8 Å². The maximum absolute atomic E-state index is 12.9. The van der Waals surface area contributed by atoms with E-state index in [1.54, 1.807) is 40.5 Å². The molecule has 1 amide bonds. The van der Waals surface area contributed by atoms with Gasteiger partial charge in [-0.25, -0.2) is 4.79 Å². The third kappa shape index (κ3) is 5.42. The number of methoxy groups -OCH3 is 1. The molecular weight excluding hydrogens is 492 g/mol. The molecule has 1 aliphatic heterocycles. The smallest absolute Gasteiger partial charge is 0.354 e. The van der Waals surface area contributed by atoms with Crippen LogP contribution in [0, 0.1) is 0 Å².